The Morgan fingerprint density at radius 1 is 1.54 bits per heavy atom. The quantitative estimate of drug-likeness (QED) is 0.441. The number of ether oxygens (including phenoxy) is 2. The number of aromatic nitrogens is 2. The summed E-state index contributed by atoms with van der Waals surface area (Å²) in [6.07, 6.45) is 2.29. The number of aliphatic hydroxyl groups excluding tert-OH is 2. The Bertz CT molecular complexity index is 646. The van der Waals surface area contributed by atoms with Crippen LogP contribution in [0, 0.1) is 6.92 Å². The van der Waals surface area contributed by atoms with E-state index in [-0.39, 0.29) is 6.61 Å². The molecule has 1 fully saturated rings. The van der Waals surface area contributed by atoms with Gasteiger partial charge in [0, 0.05) is 18.2 Å². The average Bonchev–Trinajstić information content (AvgIpc) is 2.93. The minimum absolute atomic E-state index is 0.282. The summed E-state index contributed by atoms with van der Waals surface area (Å²) in [5, 5.41) is 19.4. The van der Waals surface area contributed by atoms with Crippen molar-refractivity contribution in [1.29, 1.82) is 0 Å². The van der Waals surface area contributed by atoms with Crippen LogP contribution in [0.4, 0.5) is 0 Å². The zero-order valence-electron chi connectivity index (χ0n) is 13.8. The van der Waals surface area contributed by atoms with Gasteiger partial charge in [0.15, 0.2) is 6.29 Å². The molecule has 0 spiro atoms. The Morgan fingerprint density at radius 2 is 2.29 bits per heavy atom. The van der Waals surface area contributed by atoms with E-state index < -0.39 is 36.0 Å². The van der Waals surface area contributed by atoms with Gasteiger partial charge >= 0.3 is 5.69 Å². The monoisotopic (exact) mass is 360 g/mol. The fraction of sp³-hybridized carbons (Fsp3) is 0.733. The van der Waals surface area contributed by atoms with Crippen molar-refractivity contribution in [3.63, 3.8) is 0 Å². The van der Waals surface area contributed by atoms with Crippen LogP contribution in [0.2, 0.25) is 0 Å². The first-order valence-corrected chi connectivity index (χ1v) is 9.26. The molecule has 0 aliphatic carbocycles. The van der Waals surface area contributed by atoms with Crippen LogP contribution in [0.15, 0.2) is 15.8 Å². The zero-order chi connectivity index (χ0) is 17.7. The molecule has 0 aromatic carbocycles. The Labute approximate surface area is 143 Å². The molecule has 0 saturated carbocycles. The molecule has 0 amide bonds. The van der Waals surface area contributed by atoms with Crippen LogP contribution >= 0.6 is 11.8 Å². The van der Waals surface area contributed by atoms with E-state index in [9.17, 15) is 19.8 Å². The number of thioether (sulfide) groups is 1. The Balaban J connectivity index is 2.05. The SMILES string of the molecule is CSCCCC(O)OC1C[C@H](n2cc(C)c(=O)[nH]c2=O)O[C@@H]1CO. The molecule has 0 radical (unpaired) electrons. The number of nitrogens with one attached hydrogen (secondary N) is 1. The number of rotatable bonds is 8. The highest BCUT2D eigenvalue weighted by atomic mass is 32.2. The molecule has 3 N–H and O–H groups in total. The zero-order valence-corrected chi connectivity index (χ0v) is 14.6. The van der Waals surface area contributed by atoms with Crippen LogP contribution in [0.25, 0.3) is 0 Å². The first kappa shape index (κ1) is 19.2. The van der Waals surface area contributed by atoms with Crippen LogP contribution in [0.3, 0.4) is 0 Å². The Morgan fingerprint density at radius 3 is 2.96 bits per heavy atom. The lowest BCUT2D eigenvalue weighted by Crippen LogP contribution is -2.33. The van der Waals surface area contributed by atoms with Gasteiger partial charge in [0.1, 0.15) is 12.3 Å². The van der Waals surface area contributed by atoms with Crippen molar-refractivity contribution in [2.24, 2.45) is 0 Å². The maximum atomic E-state index is 11.9. The molecule has 1 aliphatic rings. The minimum Gasteiger partial charge on any atom is -0.394 e. The van der Waals surface area contributed by atoms with E-state index in [4.69, 9.17) is 9.47 Å². The molecule has 136 valence electrons. The summed E-state index contributed by atoms with van der Waals surface area (Å²) in [6, 6.07) is 0. The van der Waals surface area contributed by atoms with Crippen molar-refractivity contribution in [2.45, 2.75) is 50.9 Å². The van der Waals surface area contributed by atoms with Crippen LogP contribution in [0.5, 0.6) is 0 Å². The number of aliphatic hydroxyl groups is 2. The first-order valence-electron chi connectivity index (χ1n) is 7.87. The second kappa shape index (κ2) is 8.82. The summed E-state index contributed by atoms with van der Waals surface area (Å²) in [7, 11) is 0. The van der Waals surface area contributed by atoms with Crippen LogP contribution in [0.1, 0.15) is 31.1 Å². The smallest absolute Gasteiger partial charge is 0.330 e. The number of aryl methyl sites for hydroxylation is 1. The molecule has 1 aromatic rings. The lowest BCUT2D eigenvalue weighted by Gasteiger charge is -2.20. The highest BCUT2D eigenvalue weighted by Crippen LogP contribution is 2.30. The molecular formula is C15H24N2O6S. The summed E-state index contributed by atoms with van der Waals surface area (Å²) in [5.41, 5.74) is -0.626. The molecule has 24 heavy (non-hydrogen) atoms. The molecule has 1 aromatic heterocycles. The van der Waals surface area contributed by atoms with Gasteiger partial charge in [-0.1, -0.05) is 0 Å². The molecule has 4 atom stereocenters. The van der Waals surface area contributed by atoms with Gasteiger partial charge in [-0.05, 0) is 31.8 Å². The third-order valence-corrected chi connectivity index (χ3v) is 4.64. The standard InChI is InChI=1S/C15H24N2O6S/c1-9-7-17(15(21)16-14(9)20)12-6-10(11(8-18)22-12)23-13(19)4-3-5-24-2/h7,10-13,18-19H,3-6,8H2,1-2H3,(H,16,20,21)/t10?,11-,12-,13?/m1/s1. The van der Waals surface area contributed by atoms with Crippen molar-refractivity contribution in [1.82, 2.24) is 9.55 Å². The predicted octanol–water partition coefficient (Wildman–Crippen LogP) is -0.0284. The number of hydrogen-bond donors (Lipinski definition) is 3. The molecule has 9 heteroatoms. The third kappa shape index (κ3) is 4.70. The normalized spacial score (nSPS) is 25.1. The lowest BCUT2D eigenvalue weighted by atomic mass is 10.2. The largest absolute Gasteiger partial charge is 0.394 e. The second-order valence-electron chi connectivity index (χ2n) is 5.79. The van der Waals surface area contributed by atoms with E-state index in [2.05, 4.69) is 4.98 Å². The van der Waals surface area contributed by atoms with Gasteiger partial charge < -0.3 is 19.7 Å². The van der Waals surface area contributed by atoms with Gasteiger partial charge in [-0.3, -0.25) is 14.3 Å². The summed E-state index contributed by atoms with van der Waals surface area (Å²) >= 11 is 1.69. The van der Waals surface area contributed by atoms with E-state index in [1.165, 1.54) is 10.8 Å². The van der Waals surface area contributed by atoms with Crippen molar-refractivity contribution >= 4 is 11.8 Å². The topological polar surface area (TPSA) is 114 Å². The Hall–Kier alpha value is -1.13. The molecule has 1 saturated heterocycles. The highest BCUT2D eigenvalue weighted by molar-refractivity contribution is 7.98. The van der Waals surface area contributed by atoms with Gasteiger partial charge in [0.2, 0.25) is 0 Å². The van der Waals surface area contributed by atoms with Gasteiger partial charge in [-0.15, -0.1) is 0 Å². The van der Waals surface area contributed by atoms with Gasteiger partial charge in [-0.2, -0.15) is 11.8 Å². The molecule has 0 bridgehead atoms. The summed E-state index contributed by atoms with van der Waals surface area (Å²) in [5.74, 6) is 0.930. The average molecular weight is 360 g/mol. The van der Waals surface area contributed by atoms with Crippen molar-refractivity contribution in [3.8, 4) is 0 Å². The predicted molar refractivity (Wildman–Crippen MR) is 90.2 cm³/mol. The van der Waals surface area contributed by atoms with E-state index >= 15 is 0 Å². The van der Waals surface area contributed by atoms with E-state index in [1.54, 1.807) is 18.7 Å². The lowest BCUT2D eigenvalue weighted by molar-refractivity contribution is -0.158. The number of nitrogens with zero attached hydrogens (tertiary/aromatic N) is 1. The maximum absolute atomic E-state index is 11.9. The molecule has 8 nitrogen and oxygen atoms in total. The van der Waals surface area contributed by atoms with Crippen molar-refractivity contribution in [3.05, 3.63) is 32.6 Å². The fourth-order valence-electron chi connectivity index (χ4n) is 2.65. The minimum atomic E-state index is -0.937. The van der Waals surface area contributed by atoms with E-state index in [0.29, 0.717) is 18.4 Å². The summed E-state index contributed by atoms with van der Waals surface area (Å²) < 4.78 is 12.5. The maximum Gasteiger partial charge on any atom is 0.330 e. The molecule has 2 rings (SSSR count). The van der Waals surface area contributed by atoms with E-state index in [1.807, 2.05) is 6.26 Å². The second-order valence-corrected chi connectivity index (χ2v) is 6.78. The summed E-state index contributed by atoms with van der Waals surface area (Å²) in [4.78, 5) is 25.6. The number of H-pyrrole nitrogens is 1. The molecule has 2 heterocycles. The van der Waals surface area contributed by atoms with Crippen LogP contribution in [-0.2, 0) is 9.47 Å². The first-order chi connectivity index (χ1) is 11.5. The van der Waals surface area contributed by atoms with Crippen molar-refractivity contribution < 1.29 is 19.7 Å². The number of aromatic amines is 1. The fourth-order valence-corrected chi connectivity index (χ4v) is 3.11. The van der Waals surface area contributed by atoms with Gasteiger partial charge in [0.05, 0.1) is 12.7 Å². The van der Waals surface area contributed by atoms with Gasteiger partial charge in [-0.25, -0.2) is 4.79 Å². The van der Waals surface area contributed by atoms with Crippen LogP contribution < -0.4 is 11.2 Å². The van der Waals surface area contributed by atoms with E-state index in [0.717, 1.165) is 12.2 Å². The van der Waals surface area contributed by atoms with Crippen molar-refractivity contribution in [2.75, 3.05) is 18.6 Å². The Kier molecular flexibility index (Phi) is 7.05. The molecule has 2 unspecified atom stereocenters. The third-order valence-electron chi connectivity index (χ3n) is 3.95. The number of hydrogen-bond acceptors (Lipinski definition) is 7. The van der Waals surface area contributed by atoms with Crippen LogP contribution in [-0.4, -0.2) is 56.9 Å². The summed E-state index contributed by atoms with van der Waals surface area (Å²) in [6.45, 7) is 1.31. The van der Waals surface area contributed by atoms with Gasteiger partial charge in [0.25, 0.3) is 5.56 Å². The molecular weight excluding hydrogens is 336 g/mol. The molecule has 1 aliphatic heterocycles. The highest BCUT2D eigenvalue weighted by Gasteiger charge is 2.38.